The fourth-order valence-electron chi connectivity index (χ4n) is 3.09. The molecule has 7 nitrogen and oxygen atoms in total. The van der Waals surface area contributed by atoms with Gasteiger partial charge in [0.1, 0.15) is 6.54 Å². The number of carbonyl (C=O) groups excluding carboxylic acids is 1. The van der Waals surface area contributed by atoms with Gasteiger partial charge in [0.15, 0.2) is 9.84 Å². The van der Waals surface area contributed by atoms with E-state index < -0.39 is 33.9 Å². The van der Waals surface area contributed by atoms with Crippen molar-refractivity contribution in [1.82, 2.24) is 10.2 Å². The Hall–Kier alpha value is -1.15. The quantitative estimate of drug-likeness (QED) is 0.732. The van der Waals surface area contributed by atoms with E-state index in [1.807, 2.05) is 0 Å². The second-order valence-corrected chi connectivity index (χ2v) is 8.33. The van der Waals surface area contributed by atoms with E-state index in [1.165, 1.54) is 4.90 Å². The Morgan fingerprint density at radius 3 is 2.57 bits per heavy atom. The first-order chi connectivity index (χ1) is 9.73. The van der Waals surface area contributed by atoms with Crippen LogP contribution in [-0.2, 0) is 19.4 Å². The highest BCUT2D eigenvalue weighted by Crippen LogP contribution is 2.25. The maximum absolute atomic E-state index is 12.8. The maximum atomic E-state index is 12.8. The number of hydrogen-bond donors (Lipinski definition) is 2. The standard InChI is InChI=1S/C13H22N2O5S/c1-13(5-2-3-6-14-13)12(18)15(8-11(16)17)10-4-7-21(19,20)9-10/h10,14H,2-9H2,1H3,(H,16,17). The van der Waals surface area contributed by atoms with Crippen LogP contribution in [0.25, 0.3) is 0 Å². The Morgan fingerprint density at radius 1 is 1.38 bits per heavy atom. The normalized spacial score (nSPS) is 31.8. The van der Waals surface area contributed by atoms with Crippen molar-refractivity contribution in [2.75, 3.05) is 24.6 Å². The van der Waals surface area contributed by atoms with E-state index in [1.54, 1.807) is 6.92 Å². The number of rotatable bonds is 4. The van der Waals surface area contributed by atoms with Crippen molar-refractivity contribution in [1.29, 1.82) is 0 Å². The summed E-state index contributed by atoms with van der Waals surface area (Å²) in [4.78, 5) is 25.1. The zero-order valence-corrected chi connectivity index (χ0v) is 13.0. The SMILES string of the molecule is CC1(C(=O)N(CC(=O)O)C2CCS(=O)(=O)C2)CCCCN1. The minimum absolute atomic E-state index is 0.0191. The molecule has 0 aromatic carbocycles. The minimum atomic E-state index is -3.17. The molecule has 2 N–H and O–H groups in total. The van der Waals surface area contributed by atoms with Gasteiger partial charge >= 0.3 is 5.97 Å². The lowest BCUT2D eigenvalue weighted by Gasteiger charge is -2.39. The molecule has 2 fully saturated rings. The number of piperidine rings is 1. The summed E-state index contributed by atoms with van der Waals surface area (Å²) in [7, 11) is -3.17. The molecule has 0 bridgehead atoms. The van der Waals surface area contributed by atoms with Gasteiger partial charge in [-0.15, -0.1) is 0 Å². The van der Waals surface area contributed by atoms with E-state index >= 15 is 0 Å². The number of carboxylic acid groups (broad SMARTS) is 1. The molecule has 120 valence electrons. The molecule has 2 unspecified atom stereocenters. The van der Waals surface area contributed by atoms with E-state index in [-0.39, 0.29) is 17.4 Å². The molecule has 0 aromatic heterocycles. The second-order valence-electron chi connectivity index (χ2n) is 6.10. The van der Waals surface area contributed by atoms with Gasteiger partial charge in [-0.05, 0) is 39.2 Å². The van der Waals surface area contributed by atoms with Gasteiger partial charge in [0, 0.05) is 6.04 Å². The summed E-state index contributed by atoms with van der Waals surface area (Å²) in [5.41, 5.74) is -0.792. The van der Waals surface area contributed by atoms with Crippen LogP contribution in [0.1, 0.15) is 32.6 Å². The summed E-state index contributed by atoms with van der Waals surface area (Å²) >= 11 is 0. The van der Waals surface area contributed by atoms with Crippen LogP contribution in [0.4, 0.5) is 0 Å². The van der Waals surface area contributed by atoms with Crippen LogP contribution in [0, 0.1) is 0 Å². The molecular weight excluding hydrogens is 296 g/mol. The lowest BCUT2D eigenvalue weighted by Crippen LogP contribution is -2.60. The molecule has 0 spiro atoms. The summed E-state index contributed by atoms with van der Waals surface area (Å²) < 4.78 is 23.2. The van der Waals surface area contributed by atoms with Gasteiger partial charge in [0.05, 0.1) is 17.0 Å². The Morgan fingerprint density at radius 2 is 2.10 bits per heavy atom. The van der Waals surface area contributed by atoms with Gasteiger partial charge in [-0.3, -0.25) is 9.59 Å². The molecule has 2 rings (SSSR count). The summed E-state index contributed by atoms with van der Waals surface area (Å²) in [5, 5.41) is 12.2. The highest BCUT2D eigenvalue weighted by Gasteiger charge is 2.43. The number of amides is 1. The van der Waals surface area contributed by atoms with Crippen LogP contribution >= 0.6 is 0 Å². The van der Waals surface area contributed by atoms with Gasteiger partial charge in [0.25, 0.3) is 0 Å². The van der Waals surface area contributed by atoms with Gasteiger partial charge in [-0.25, -0.2) is 8.42 Å². The summed E-state index contributed by atoms with van der Waals surface area (Å²) in [5.74, 6) is -1.54. The first-order valence-electron chi connectivity index (χ1n) is 7.22. The minimum Gasteiger partial charge on any atom is -0.480 e. The van der Waals surface area contributed by atoms with Crippen LogP contribution in [0.2, 0.25) is 0 Å². The van der Waals surface area contributed by atoms with Gasteiger partial charge < -0.3 is 15.3 Å². The van der Waals surface area contributed by atoms with Crippen LogP contribution < -0.4 is 5.32 Å². The smallest absolute Gasteiger partial charge is 0.323 e. The van der Waals surface area contributed by atoms with Crippen molar-refractivity contribution in [2.45, 2.75) is 44.2 Å². The number of carboxylic acids is 1. The van der Waals surface area contributed by atoms with Gasteiger partial charge in [0.2, 0.25) is 5.91 Å². The van der Waals surface area contributed by atoms with Crippen molar-refractivity contribution in [2.24, 2.45) is 0 Å². The molecule has 1 amide bonds. The van der Waals surface area contributed by atoms with Crippen LogP contribution in [0.3, 0.4) is 0 Å². The van der Waals surface area contributed by atoms with E-state index in [2.05, 4.69) is 5.32 Å². The van der Waals surface area contributed by atoms with E-state index in [9.17, 15) is 18.0 Å². The first kappa shape index (κ1) is 16.2. The van der Waals surface area contributed by atoms with Crippen LogP contribution in [0.15, 0.2) is 0 Å². The number of aliphatic carboxylic acids is 1. The predicted molar refractivity (Wildman–Crippen MR) is 76.7 cm³/mol. The molecule has 0 aliphatic carbocycles. The van der Waals surface area contributed by atoms with Crippen molar-refractivity contribution in [3.63, 3.8) is 0 Å². The zero-order chi connectivity index (χ0) is 15.7. The predicted octanol–water partition coefficient (Wildman–Crippen LogP) is -0.381. The highest BCUT2D eigenvalue weighted by molar-refractivity contribution is 7.91. The fraction of sp³-hybridized carbons (Fsp3) is 0.846. The van der Waals surface area contributed by atoms with E-state index in [0.29, 0.717) is 19.4 Å². The molecule has 0 aromatic rings. The zero-order valence-electron chi connectivity index (χ0n) is 12.2. The molecule has 2 aliphatic heterocycles. The number of nitrogens with one attached hydrogen (secondary N) is 1. The maximum Gasteiger partial charge on any atom is 0.323 e. The molecule has 2 atom stereocenters. The molecule has 0 radical (unpaired) electrons. The molecule has 0 saturated carbocycles. The van der Waals surface area contributed by atoms with Crippen molar-refractivity contribution in [3.8, 4) is 0 Å². The molecule has 21 heavy (non-hydrogen) atoms. The van der Waals surface area contributed by atoms with Crippen molar-refractivity contribution in [3.05, 3.63) is 0 Å². The average Bonchev–Trinajstić information content (AvgIpc) is 2.76. The largest absolute Gasteiger partial charge is 0.480 e. The number of sulfone groups is 1. The highest BCUT2D eigenvalue weighted by atomic mass is 32.2. The Kier molecular flexibility index (Phi) is 4.57. The van der Waals surface area contributed by atoms with E-state index in [4.69, 9.17) is 5.11 Å². The number of nitrogens with zero attached hydrogens (tertiary/aromatic N) is 1. The molecule has 8 heteroatoms. The molecule has 2 saturated heterocycles. The summed E-state index contributed by atoms with van der Waals surface area (Å²) in [6.45, 7) is 2.04. The fourth-order valence-corrected chi connectivity index (χ4v) is 4.82. The molecule has 2 aliphatic rings. The Labute approximate surface area is 124 Å². The second kappa shape index (κ2) is 5.92. The lowest BCUT2D eigenvalue weighted by atomic mass is 9.89. The third-order valence-corrected chi connectivity index (χ3v) is 6.06. The lowest BCUT2D eigenvalue weighted by molar-refractivity contribution is -0.149. The average molecular weight is 318 g/mol. The monoisotopic (exact) mass is 318 g/mol. The van der Waals surface area contributed by atoms with Crippen LogP contribution in [-0.4, -0.2) is 66.5 Å². The number of hydrogen-bond acceptors (Lipinski definition) is 5. The van der Waals surface area contributed by atoms with Gasteiger partial charge in [-0.1, -0.05) is 0 Å². The molecule has 2 heterocycles. The van der Waals surface area contributed by atoms with E-state index in [0.717, 1.165) is 12.8 Å². The molecular formula is C13H22N2O5S. The summed E-state index contributed by atoms with van der Waals surface area (Å²) in [6, 6.07) is -0.529. The van der Waals surface area contributed by atoms with Crippen LogP contribution in [0.5, 0.6) is 0 Å². The Balaban J connectivity index is 2.19. The first-order valence-corrected chi connectivity index (χ1v) is 9.04. The third kappa shape index (κ3) is 3.74. The number of carbonyl (C=O) groups is 2. The van der Waals surface area contributed by atoms with Gasteiger partial charge in [-0.2, -0.15) is 0 Å². The third-order valence-electron chi connectivity index (χ3n) is 4.31. The Bertz CT molecular complexity index is 525. The van der Waals surface area contributed by atoms with Crippen molar-refractivity contribution >= 4 is 21.7 Å². The topological polar surface area (TPSA) is 104 Å². The summed E-state index contributed by atoms with van der Waals surface area (Å²) in [6.07, 6.45) is 2.84. The van der Waals surface area contributed by atoms with Crippen molar-refractivity contribution < 1.29 is 23.1 Å².